The van der Waals surface area contributed by atoms with Crippen LogP contribution in [-0.2, 0) is 18.3 Å². The minimum atomic E-state index is -0.716. The molecule has 0 fully saturated rings. The molecule has 0 unspecified atom stereocenters. The number of benzene rings is 1. The van der Waals surface area contributed by atoms with Crippen LogP contribution >= 0.6 is 23.4 Å². The van der Waals surface area contributed by atoms with E-state index in [1.165, 1.54) is 36.6 Å². The third kappa shape index (κ3) is 3.46. The van der Waals surface area contributed by atoms with Crippen molar-refractivity contribution in [1.29, 1.82) is 0 Å². The number of thioether (sulfide) groups is 1. The van der Waals surface area contributed by atoms with Crippen LogP contribution in [0.5, 0.6) is 0 Å². The van der Waals surface area contributed by atoms with Crippen LogP contribution in [0.3, 0.4) is 0 Å². The SMILES string of the molecule is COC(=O)c1cccc(Cl)c1CNC(=O)n1nc(SC)n(C)c1=O. The van der Waals surface area contributed by atoms with Gasteiger partial charge in [-0.1, -0.05) is 29.4 Å². The zero-order valence-electron chi connectivity index (χ0n) is 13.2. The van der Waals surface area contributed by atoms with Crippen molar-refractivity contribution in [3.05, 3.63) is 44.8 Å². The van der Waals surface area contributed by atoms with Gasteiger partial charge < -0.3 is 10.1 Å². The van der Waals surface area contributed by atoms with Gasteiger partial charge in [0.15, 0.2) is 5.16 Å². The van der Waals surface area contributed by atoms with E-state index in [0.717, 1.165) is 4.68 Å². The summed E-state index contributed by atoms with van der Waals surface area (Å²) in [5.41, 5.74) is 0.0705. The summed E-state index contributed by atoms with van der Waals surface area (Å²) in [6.07, 6.45) is 1.75. The Kier molecular flexibility index (Phi) is 5.68. The number of aromatic nitrogens is 3. The monoisotopic (exact) mass is 370 g/mol. The highest BCUT2D eigenvalue weighted by Gasteiger charge is 2.18. The largest absolute Gasteiger partial charge is 0.465 e. The third-order valence-electron chi connectivity index (χ3n) is 3.26. The molecular formula is C14H15ClN4O4S. The lowest BCUT2D eigenvalue weighted by Gasteiger charge is -2.10. The van der Waals surface area contributed by atoms with Crippen LogP contribution in [0.2, 0.25) is 5.02 Å². The van der Waals surface area contributed by atoms with Crippen molar-refractivity contribution in [3.8, 4) is 0 Å². The molecule has 1 N–H and O–H groups in total. The van der Waals surface area contributed by atoms with Crippen molar-refractivity contribution in [2.24, 2.45) is 7.05 Å². The number of ether oxygens (including phenoxy) is 1. The molecule has 1 amide bonds. The maximum atomic E-state index is 12.2. The minimum absolute atomic E-state index is 0.0550. The average molecular weight is 371 g/mol. The molecule has 1 aromatic carbocycles. The van der Waals surface area contributed by atoms with E-state index in [4.69, 9.17) is 16.3 Å². The number of methoxy groups -OCH3 is 1. The number of nitrogens with zero attached hydrogens (tertiary/aromatic N) is 3. The molecule has 0 aliphatic rings. The number of carbonyl (C=O) groups excluding carboxylic acids is 2. The zero-order chi connectivity index (χ0) is 17.9. The molecule has 2 aromatic rings. The van der Waals surface area contributed by atoms with Crippen LogP contribution in [0.4, 0.5) is 4.79 Å². The maximum absolute atomic E-state index is 12.2. The van der Waals surface area contributed by atoms with Gasteiger partial charge in [0.25, 0.3) is 0 Å². The highest BCUT2D eigenvalue weighted by Crippen LogP contribution is 2.20. The first kappa shape index (κ1) is 18.1. The number of hydrogen-bond donors (Lipinski definition) is 1. The fraction of sp³-hybridized carbons (Fsp3) is 0.286. The van der Waals surface area contributed by atoms with Gasteiger partial charge in [-0.15, -0.1) is 9.78 Å². The molecule has 0 aliphatic carbocycles. The van der Waals surface area contributed by atoms with Gasteiger partial charge in [0.2, 0.25) is 0 Å². The second kappa shape index (κ2) is 7.54. The van der Waals surface area contributed by atoms with Crippen molar-refractivity contribution in [2.75, 3.05) is 13.4 Å². The number of rotatable bonds is 4. The van der Waals surface area contributed by atoms with Gasteiger partial charge in [0, 0.05) is 24.2 Å². The van der Waals surface area contributed by atoms with Gasteiger partial charge in [-0.2, -0.15) is 0 Å². The average Bonchev–Trinajstić information content (AvgIpc) is 2.87. The predicted octanol–water partition coefficient (Wildman–Crippen LogP) is 1.50. The summed E-state index contributed by atoms with van der Waals surface area (Å²) in [7, 11) is 2.78. The summed E-state index contributed by atoms with van der Waals surface area (Å²) in [5, 5.41) is 7.17. The molecule has 0 bridgehead atoms. The highest BCUT2D eigenvalue weighted by molar-refractivity contribution is 7.98. The molecule has 128 valence electrons. The summed E-state index contributed by atoms with van der Waals surface area (Å²) in [6, 6.07) is 4.02. The number of nitrogens with one attached hydrogen (secondary N) is 1. The Labute approximate surface area is 146 Å². The molecule has 10 heteroatoms. The fourth-order valence-corrected chi connectivity index (χ4v) is 2.76. The Balaban J connectivity index is 2.24. The number of esters is 1. The molecule has 0 aliphatic heterocycles. The number of amides is 1. The molecule has 0 spiro atoms. The Hall–Kier alpha value is -2.26. The van der Waals surface area contributed by atoms with E-state index >= 15 is 0 Å². The molecule has 1 heterocycles. The lowest BCUT2D eigenvalue weighted by Crippen LogP contribution is -2.37. The van der Waals surface area contributed by atoms with Gasteiger partial charge in [-0.05, 0) is 18.4 Å². The lowest BCUT2D eigenvalue weighted by atomic mass is 10.1. The molecule has 8 nitrogen and oxygen atoms in total. The normalized spacial score (nSPS) is 10.5. The third-order valence-corrected chi connectivity index (χ3v) is 4.33. The van der Waals surface area contributed by atoms with E-state index in [2.05, 4.69) is 10.4 Å². The Morgan fingerprint density at radius 1 is 1.42 bits per heavy atom. The zero-order valence-corrected chi connectivity index (χ0v) is 14.8. The first-order chi connectivity index (χ1) is 11.4. The topological polar surface area (TPSA) is 95.2 Å². The van der Waals surface area contributed by atoms with E-state index < -0.39 is 17.7 Å². The molecule has 0 radical (unpaired) electrons. The summed E-state index contributed by atoms with van der Waals surface area (Å²) in [5.74, 6) is -0.568. The second-order valence-corrected chi connectivity index (χ2v) is 5.84. The number of hydrogen-bond acceptors (Lipinski definition) is 6. The van der Waals surface area contributed by atoms with E-state index in [0.29, 0.717) is 15.7 Å². The standard InChI is InChI=1S/C14H15ClN4O4S/c1-18-13(24-3)17-19(14(18)22)12(21)16-7-9-8(11(20)23-2)5-4-6-10(9)15/h4-6H,7H2,1-3H3,(H,16,21). The quantitative estimate of drug-likeness (QED) is 0.647. The lowest BCUT2D eigenvalue weighted by molar-refractivity contribution is 0.0599. The van der Waals surface area contributed by atoms with Crippen LogP contribution in [0.25, 0.3) is 0 Å². The molecular weight excluding hydrogens is 356 g/mol. The van der Waals surface area contributed by atoms with Crippen LogP contribution < -0.4 is 11.0 Å². The summed E-state index contributed by atoms with van der Waals surface area (Å²) in [4.78, 5) is 35.9. The molecule has 0 atom stereocenters. The van der Waals surface area contributed by atoms with Crippen molar-refractivity contribution < 1.29 is 14.3 Å². The second-order valence-electron chi connectivity index (χ2n) is 4.66. The smallest absolute Gasteiger partial charge is 0.355 e. The molecule has 24 heavy (non-hydrogen) atoms. The minimum Gasteiger partial charge on any atom is -0.465 e. The first-order valence-electron chi connectivity index (χ1n) is 6.74. The Morgan fingerprint density at radius 3 is 2.71 bits per heavy atom. The maximum Gasteiger partial charge on any atom is 0.355 e. The van der Waals surface area contributed by atoms with E-state index in [-0.39, 0.29) is 12.1 Å². The van der Waals surface area contributed by atoms with Crippen LogP contribution in [0.15, 0.2) is 28.2 Å². The predicted molar refractivity (Wildman–Crippen MR) is 89.7 cm³/mol. The molecule has 0 saturated carbocycles. The highest BCUT2D eigenvalue weighted by atomic mass is 35.5. The fourth-order valence-electron chi connectivity index (χ4n) is 2.01. The van der Waals surface area contributed by atoms with Crippen LogP contribution in [0, 0.1) is 0 Å². The van der Waals surface area contributed by atoms with Gasteiger partial charge >= 0.3 is 17.7 Å². The number of carbonyl (C=O) groups is 2. The number of halogens is 1. The summed E-state index contributed by atoms with van der Waals surface area (Å²) in [6.45, 7) is -0.0550. The van der Waals surface area contributed by atoms with Crippen molar-refractivity contribution >= 4 is 35.4 Å². The Morgan fingerprint density at radius 2 is 2.12 bits per heavy atom. The molecule has 1 aromatic heterocycles. The van der Waals surface area contributed by atoms with Crippen LogP contribution in [-0.4, -0.2) is 39.7 Å². The van der Waals surface area contributed by atoms with Crippen molar-refractivity contribution in [2.45, 2.75) is 11.7 Å². The molecule has 0 saturated heterocycles. The van der Waals surface area contributed by atoms with E-state index in [1.54, 1.807) is 18.4 Å². The van der Waals surface area contributed by atoms with Crippen molar-refractivity contribution in [3.63, 3.8) is 0 Å². The van der Waals surface area contributed by atoms with E-state index in [9.17, 15) is 14.4 Å². The van der Waals surface area contributed by atoms with Gasteiger partial charge in [0.05, 0.1) is 12.7 Å². The Bertz CT molecular complexity index is 846. The van der Waals surface area contributed by atoms with Crippen molar-refractivity contribution in [1.82, 2.24) is 19.7 Å². The van der Waals surface area contributed by atoms with Gasteiger partial charge in [-0.3, -0.25) is 4.57 Å². The molecule has 2 rings (SSSR count). The summed E-state index contributed by atoms with van der Waals surface area (Å²) >= 11 is 7.34. The van der Waals surface area contributed by atoms with Crippen LogP contribution in [0.1, 0.15) is 15.9 Å². The summed E-state index contributed by atoms with van der Waals surface area (Å²) < 4.78 is 6.68. The first-order valence-corrected chi connectivity index (χ1v) is 8.35. The van der Waals surface area contributed by atoms with Gasteiger partial charge in [-0.25, -0.2) is 14.4 Å². The van der Waals surface area contributed by atoms with E-state index in [1.807, 2.05) is 0 Å². The van der Waals surface area contributed by atoms with Gasteiger partial charge in [0.1, 0.15) is 0 Å².